The quantitative estimate of drug-likeness (QED) is 0.642. The van der Waals surface area contributed by atoms with Crippen LogP contribution in [0.5, 0.6) is 0 Å². The molecule has 0 spiro atoms. The van der Waals surface area contributed by atoms with Gasteiger partial charge in [0.25, 0.3) is 0 Å². The summed E-state index contributed by atoms with van der Waals surface area (Å²) in [5.74, 6) is 1.48. The third-order valence-electron chi connectivity index (χ3n) is 4.31. The molecule has 0 saturated heterocycles. The van der Waals surface area contributed by atoms with Crippen LogP contribution in [0.15, 0.2) is 28.7 Å². The zero-order chi connectivity index (χ0) is 13.7. The molecule has 19 heavy (non-hydrogen) atoms. The maximum absolute atomic E-state index is 12.4. The number of carbonyl (C=O) groups excluding carboxylic acids is 1. The Morgan fingerprint density at radius 1 is 1.16 bits per heavy atom. The molecule has 0 radical (unpaired) electrons. The lowest BCUT2D eigenvalue weighted by atomic mass is 9.77. The number of unbranched alkanes of at least 4 members (excludes halogenated alkanes) is 1. The van der Waals surface area contributed by atoms with E-state index >= 15 is 0 Å². The van der Waals surface area contributed by atoms with E-state index in [0.717, 1.165) is 28.8 Å². The lowest BCUT2D eigenvalue weighted by molar-refractivity contribution is 0.0869. The molecule has 1 aliphatic rings. The number of benzene rings is 1. The number of hydrogen-bond donors (Lipinski definition) is 0. The van der Waals surface area contributed by atoms with Gasteiger partial charge < -0.3 is 0 Å². The van der Waals surface area contributed by atoms with Crippen molar-refractivity contribution in [3.05, 3.63) is 34.3 Å². The molecule has 1 aromatic carbocycles. The number of hydrogen-bond acceptors (Lipinski definition) is 1. The number of Topliss-reactive ketones (excluding diaryl/α,β-unsaturated/α-hetero) is 1. The minimum atomic E-state index is 0.263. The largest absolute Gasteiger partial charge is 0.294 e. The van der Waals surface area contributed by atoms with E-state index in [1.807, 2.05) is 24.3 Å². The number of ketones is 1. The first kappa shape index (κ1) is 14.8. The van der Waals surface area contributed by atoms with E-state index in [1.54, 1.807) is 0 Å². The van der Waals surface area contributed by atoms with E-state index in [2.05, 4.69) is 22.9 Å². The van der Waals surface area contributed by atoms with Gasteiger partial charge >= 0.3 is 0 Å². The Bertz CT molecular complexity index is 402. The van der Waals surface area contributed by atoms with Crippen molar-refractivity contribution in [3.63, 3.8) is 0 Å². The molecular formula is C17H23BrO. The minimum absolute atomic E-state index is 0.263. The topological polar surface area (TPSA) is 17.1 Å². The van der Waals surface area contributed by atoms with Crippen molar-refractivity contribution in [2.45, 2.75) is 51.9 Å². The van der Waals surface area contributed by atoms with Crippen molar-refractivity contribution < 1.29 is 4.79 Å². The molecule has 2 rings (SSSR count). The molecule has 0 atom stereocenters. The van der Waals surface area contributed by atoms with Crippen LogP contribution >= 0.6 is 15.9 Å². The molecule has 0 unspecified atom stereocenters. The summed E-state index contributed by atoms with van der Waals surface area (Å²) in [5, 5.41) is 0. The standard InChI is InChI=1S/C17H23BrO/c1-2-3-4-13-5-7-14(8-6-13)17(19)15-9-11-16(18)12-10-15/h9-14H,2-8H2,1H3. The summed E-state index contributed by atoms with van der Waals surface area (Å²) in [7, 11) is 0. The van der Waals surface area contributed by atoms with Gasteiger partial charge in [-0.2, -0.15) is 0 Å². The molecule has 1 aromatic rings. The highest BCUT2D eigenvalue weighted by atomic mass is 79.9. The fourth-order valence-electron chi connectivity index (χ4n) is 3.06. The molecule has 104 valence electrons. The lowest BCUT2D eigenvalue weighted by Gasteiger charge is -2.27. The van der Waals surface area contributed by atoms with Crippen molar-refractivity contribution >= 4 is 21.7 Å². The van der Waals surface area contributed by atoms with Crippen LogP contribution in [-0.4, -0.2) is 5.78 Å². The van der Waals surface area contributed by atoms with Crippen LogP contribution in [0.1, 0.15) is 62.2 Å². The summed E-state index contributed by atoms with van der Waals surface area (Å²) in [6, 6.07) is 7.80. The van der Waals surface area contributed by atoms with Crippen molar-refractivity contribution in [1.29, 1.82) is 0 Å². The summed E-state index contributed by atoms with van der Waals surface area (Å²) in [4.78, 5) is 12.4. The second kappa shape index (κ2) is 7.23. The molecule has 0 aliphatic heterocycles. The first-order chi connectivity index (χ1) is 9.20. The Labute approximate surface area is 124 Å². The maximum Gasteiger partial charge on any atom is 0.165 e. The van der Waals surface area contributed by atoms with Gasteiger partial charge in [0.2, 0.25) is 0 Å². The van der Waals surface area contributed by atoms with E-state index in [4.69, 9.17) is 0 Å². The van der Waals surface area contributed by atoms with Gasteiger partial charge in [0.15, 0.2) is 5.78 Å². The van der Waals surface area contributed by atoms with Crippen LogP contribution in [-0.2, 0) is 0 Å². The molecule has 1 saturated carbocycles. The maximum atomic E-state index is 12.4. The van der Waals surface area contributed by atoms with Gasteiger partial charge in [-0.25, -0.2) is 0 Å². The van der Waals surface area contributed by atoms with Gasteiger partial charge in [-0.1, -0.05) is 54.2 Å². The molecule has 0 N–H and O–H groups in total. The SMILES string of the molecule is CCCCC1CCC(C(=O)c2ccc(Br)cc2)CC1. The Balaban J connectivity index is 1.87. The molecule has 2 heteroatoms. The molecule has 0 amide bonds. The van der Waals surface area contributed by atoms with E-state index in [1.165, 1.54) is 32.1 Å². The molecule has 0 bridgehead atoms. The van der Waals surface area contributed by atoms with E-state index in [-0.39, 0.29) is 5.92 Å². The minimum Gasteiger partial charge on any atom is -0.294 e. The van der Waals surface area contributed by atoms with Crippen molar-refractivity contribution in [3.8, 4) is 0 Å². The summed E-state index contributed by atoms with van der Waals surface area (Å²) < 4.78 is 1.03. The average molecular weight is 323 g/mol. The first-order valence-corrected chi connectivity index (χ1v) is 8.29. The summed E-state index contributed by atoms with van der Waals surface area (Å²) in [6.07, 6.45) is 8.65. The number of rotatable bonds is 5. The Morgan fingerprint density at radius 2 is 1.79 bits per heavy atom. The third-order valence-corrected chi connectivity index (χ3v) is 4.84. The fraction of sp³-hybridized carbons (Fsp3) is 0.588. The van der Waals surface area contributed by atoms with Crippen molar-refractivity contribution in [1.82, 2.24) is 0 Å². The normalized spacial score (nSPS) is 23.3. The highest BCUT2D eigenvalue weighted by Gasteiger charge is 2.26. The van der Waals surface area contributed by atoms with Crippen LogP contribution in [0.4, 0.5) is 0 Å². The molecule has 1 fully saturated rings. The van der Waals surface area contributed by atoms with Gasteiger partial charge in [-0.05, 0) is 43.7 Å². The van der Waals surface area contributed by atoms with Gasteiger partial charge in [0.05, 0.1) is 0 Å². The van der Waals surface area contributed by atoms with Crippen LogP contribution in [0.3, 0.4) is 0 Å². The summed E-state index contributed by atoms with van der Waals surface area (Å²) in [6.45, 7) is 2.25. The second-order valence-electron chi connectivity index (χ2n) is 5.73. The number of halogens is 1. The van der Waals surface area contributed by atoms with Gasteiger partial charge in [0, 0.05) is 16.0 Å². The summed E-state index contributed by atoms with van der Waals surface area (Å²) >= 11 is 3.41. The van der Waals surface area contributed by atoms with Gasteiger partial charge in [0.1, 0.15) is 0 Å². The van der Waals surface area contributed by atoms with E-state index < -0.39 is 0 Å². The van der Waals surface area contributed by atoms with Crippen LogP contribution in [0, 0.1) is 11.8 Å². The molecule has 0 heterocycles. The predicted molar refractivity (Wildman–Crippen MR) is 83.4 cm³/mol. The highest BCUT2D eigenvalue weighted by molar-refractivity contribution is 9.10. The van der Waals surface area contributed by atoms with Gasteiger partial charge in [-0.15, -0.1) is 0 Å². The zero-order valence-electron chi connectivity index (χ0n) is 11.7. The van der Waals surface area contributed by atoms with Crippen LogP contribution < -0.4 is 0 Å². The van der Waals surface area contributed by atoms with Crippen molar-refractivity contribution in [2.75, 3.05) is 0 Å². The zero-order valence-corrected chi connectivity index (χ0v) is 13.3. The highest BCUT2D eigenvalue weighted by Crippen LogP contribution is 2.33. The molecule has 0 aromatic heterocycles. The molecule has 1 nitrogen and oxygen atoms in total. The van der Waals surface area contributed by atoms with Crippen LogP contribution in [0.25, 0.3) is 0 Å². The Morgan fingerprint density at radius 3 is 2.37 bits per heavy atom. The molecule has 1 aliphatic carbocycles. The lowest BCUT2D eigenvalue weighted by Crippen LogP contribution is -2.22. The van der Waals surface area contributed by atoms with E-state index in [0.29, 0.717) is 5.78 Å². The smallest absolute Gasteiger partial charge is 0.165 e. The van der Waals surface area contributed by atoms with Gasteiger partial charge in [-0.3, -0.25) is 4.79 Å². The fourth-order valence-corrected chi connectivity index (χ4v) is 3.32. The van der Waals surface area contributed by atoms with Crippen molar-refractivity contribution in [2.24, 2.45) is 11.8 Å². The van der Waals surface area contributed by atoms with Crippen LogP contribution in [0.2, 0.25) is 0 Å². The monoisotopic (exact) mass is 322 g/mol. The third kappa shape index (κ3) is 4.17. The predicted octanol–water partition coefficient (Wildman–Crippen LogP) is 5.63. The average Bonchev–Trinajstić information content (AvgIpc) is 2.46. The Hall–Kier alpha value is -0.630. The molecular weight excluding hydrogens is 300 g/mol. The first-order valence-electron chi connectivity index (χ1n) is 7.50. The second-order valence-corrected chi connectivity index (χ2v) is 6.65. The Kier molecular flexibility index (Phi) is 5.62. The summed E-state index contributed by atoms with van der Waals surface area (Å²) in [5.41, 5.74) is 0.875. The van der Waals surface area contributed by atoms with E-state index in [9.17, 15) is 4.79 Å². The number of carbonyl (C=O) groups is 1.